The van der Waals surface area contributed by atoms with E-state index >= 15 is 0 Å². The van der Waals surface area contributed by atoms with Crippen molar-refractivity contribution in [2.75, 3.05) is 38.0 Å². The summed E-state index contributed by atoms with van der Waals surface area (Å²) < 4.78 is 16.0. The molecule has 5 heteroatoms. The molecule has 0 bridgehead atoms. The molecule has 1 atom stereocenters. The normalized spacial score (nSPS) is 15.4. The first-order valence-electron chi connectivity index (χ1n) is 5.65. The van der Waals surface area contributed by atoms with Crippen molar-refractivity contribution in [2.45, 2.75) is 13.0 Å². The van der Waals surface area contributed by atoms with Crippen LogP contribution in [0.25, 0.3) is 0 Å². The predicted octanol–water partition coefficient (Wildman–Crippen LogP) is 1.49. The molecule has 1 unspecified atom stereocenters. The molecule has 0 fully saturated rings. The van der Waals surface area contributed by atoms with Gasteiger partial charge in [-0.1, -0.05) is 0 Å². The van der Waals surface area contributed by atoms with Crippen molar-refractivity contribution in [1.29, 1.82) is 0 Å². The van der Waals surface area contributed by atoms with Gasteiger partial charge in [0.05, 0.1) is 18.0 Å². The molecule has 17 heavy (non-hydrogen) atoms. The van der Waals surface area contributed by atoms with E-state index in [4.69, 9.17) is 19.9 Å². The van der Waals surface area contributed by atoms with Gasteiger partial charge in [-0.05, 0) is 6.92 Å². The average molecular weight is 238 g/mol. The van der Waals surface area contributed by atoms with Crippen LogP contribution in [0.15, 0.2) is 12.1 Å². The first-order chi connectivity index (χ1) is 8.20. The molecule has 0 saturated carbocycles. The topological polar surface area (TPSA) is 65.7 Å². The maximum atomic E-state index is 5.95. The Hall–Kier alpha value is -1.62. The fourth-order valence-electron chi connectivity index (χ4n) is 1.79. The van der Waals surface area contributed by atoms with Gasteiger partial charge in [-0.3, -0.25) is 0 Å². The zero-order chi connectivity index (χ0) is 12.3. The average Bonchev–Trinajstić information content (AvgIpc) is 2.30. The Morgan fingerprint density at radius 1 is 1.35 bits per heavy atom. The summed E-state index contributed by atoms with van der Waals surface area (Å²) in [7, 11) is 1.67. The van der Waals surface area contributed by atoms with E-state index < -0.39 is 0 Å². The lowest BCUT2D eigenvalue weighted by molar-refractivity contribution is 0.171. The lowest BCUT2D eigenvalue weighted by Gasteiger charge is -2.22. The number of fused-ring (bicyclic) bond motifs is 1. The van der Waals surface area contributed by atoms with Crippen LogP contribution in [0.1, 0.15) is 6.92 Å². The minimum absolute atomic E-state index is 0.185. The van der Waals surface area contributed by atoms with E-state index in [1.54, 1.807) is 13.2 Å². The number of benzene rings is 1. The summed E-state index contributed by atoms with van der Waals surface area (Å²) in [6.45, 7) is 3.79. The summed E-state index contributed by atoms with van der Waals surface area (Å²) in [5.41, 5.74) is 7.45. The summed E-state index contributed by atoms with van der Waals surface area (Å²) in [6.07, 6.45) is 0. The molecule has 1 aliphatic heterocycles. The number of hydrogen-bond donors (Lipinski definition) is 2. The van der Waals surface area contributed by atoms with Crippen LogP contribution in [0.2, 0.25) is 0 Å². The molecule has 1 aliphatic rings. The number of rotatable bonds is 4. The summed E-state index contributed by atoms with van der Waals surface area (Å²) in [6, 6.07) is 3.84. The molecule has 2 rings (SSSR count). The van der Waals surface area contributed by atoms with E-state index in [0.29, 0.717) is 31.3 Å². The molecule has 1 aromatic rings. The zero-order valence-corrected chi connectivity index (χ0v) is 10.2. The molecule has 0 radical (unpaired) electrons. The van der Waals surface area contributed by atoms with Crippen LogP contribution in [0.5, 0.6) is 11.5 Å². The van der Waals surface area contributed by atoms with Crippen molar-refractivity contribution < 1.29 is 14.2 Å². The van der Waals surface area contributed by atoms with Crippen molar-refractivity contribution in [2.24, 2.45) is 0 Å². The van der Waals surface area contributed by atoms with Gasteiger partial charge < -0.3 is 25.3 Å². The summed E-state index contributed by atoms with van der Waals surface area (Å²) >= 11 is 0. The van der Waals surface area contributed by atoms with E-state index in [-0.39, 0.29) is 6.04 Å². The van der Waals surface area contributed by atoms with Crippen LogP contribution >= 0.6 is 0 Å². The van der Waals surface area contributed by atoms with Gasteiger partial charge in [-0.2, -0.15) is 0 Å². The number of nitrogens with one attached hydrogen (secondary N) is 1. The SMILES string of the molecule is COCC(C)Nc1cc2c(cc1N)OCCO2. The van der Waals surface area contributed by atoms with Gasteiger partial charge >= 0.3 is 0 Å². The van der Waals surface area contributed by atoms with Gasteiger partial charge in [-0.25, -0.2) is 0 Å². The highest BCUT2D eigenvalue weighted by atomic mass is 16.6. The molecule has 0 aliphatic carbocycles. The molecule has 0 spiro atoms. The smallest absolute Gasteiger partial charge is 0.163 e. The molecule has 0 saturated heterocycles. The molecule has 1 aromatic carbocycles. The van der Waals surface area contributed by atoms with Gasteiger partial charge in [0.25, 0.3) is 0 Å². The third kappa shape index (κ3) is 2.74. The van der Waals surface area contributed by atoms with Gasteiger partial charge in [-0.15, -0.1) is 0 Å². The van der Waals surface area contributed by atoms with E-state index in [1.807, 2.05) is 13.0 Å². The molecule has 1 heterocycles. The Labute approximate surface area is 101 Å². The van der Waals surface area contributed by atoms with Crippen LogP contribution in [0.3, 0.4) is 0 Å². The second-order valence-electron chi connectivity index (χ2n) is 4.08. The zero-order valence-electron chi connectivity index (χ0n) is 10.2. The Morgan fingerprint density at radius 3 is 2.65 bits per heavy atom. The quantitative estimate of drug-likeness (QED) is 0.778. The highest BCUT2D eigenvalue weighted by Crippen LogP contribution is 2.37. The van der Waals surface area contributed by atoms with E-state index in [9.17, 15) is 0 Å². The number of nitrogens with two attached hydrogens (primary N) is 1. The Morgan fingerprint density at radius 2 is 2.00 bits per heavy atom. The monoisotopic (exact) mass is 238 g/mol. The number of anilines is 2. The molecule has 0 aromatic heterocycles. The largest absolute Gasteiger partial charge is 0.486 e. The van der Waals surface area contributed by atoms with E-state index in [1.165, 1.54) is 0 Å². The van der Waals surface area contributed by atoms with Crippen LogP contribution in [0.4, 0.5) is 11.4 Å². The second-order valence-corrected chi connectivity index (χ2v) is 4.08. The third-order valence-electron chi connectivity index (χ3n) is 2.53. The third-order valence-corrected chi connectivity index (χ3v) is 2.53. The molecular formula is C12H18N2O3. The van der Waals surface area contributed by atoms with Gasteiger partial charge in [0.2, 0.25) is 0 Å². The summed E-state index contributed by atoms with van der Waals surface area (Å²) in [5.74, 6) is 1.44. The second kappa shape index (κ2) is 5.14. The number of ether oxygens (including phenoxy) is 3. The minimum atomic E-state index is 0.185. The fourth-order valence-corrected chi connectivity index (χ4v) is 1.79. The Balaban J connectivity index is 2.16. The van der Waals surface area contributed by atoms with Crippen molar-refractivity contribution in [3.63, 3.8) is 0 Å². The highest BCUT2D eigenvalue weighted by Gasteiger charge is 2.15. The first-order valence-corrected chi connectivity index (χ1v) is 5.65. The lowest BCUT2D eigenvalue weighted by atomic mass is 10.2. The summed E-state index contributed by atoms with van der Waals surface area (Å²) in [5, 5.41) is 3.28. The van der Waals surface area contributed by atoms with Crippen molar-refractivity contribution >= 4 is 11.4 Å². The standard InChI is InChI=1S/C12H18N2O3/c1-8(7-15-2)14-10-6-12-11(5-9(10)13)16-3-4-17-12/h5-6,8,14H,3-4,7,13H2,1-2H3. The number of nitrogen functional groups attached to an aromatic ring is 1. The van der Waals surface area contributed by atoms with Gasteiger partial charge in [0, 0.05) is 25.3 Å². The first kappa shape index (κ1) is 11.9. The van der Waals surface area contributed by atoms with Crippen molar-refractivity contribution in [1.82, 2.24) is 0 Å². The molecule has 3 N–H and O–H groups in total. The van der Waals surface area contributed by atoms with E-state index in [0.717, 1.165) is 11.4 Å². The molecule has 5 nitrogen and oxygen atoms in total. The number of hydrogen-bond acceptors (Lipinski definition) is 5. The van der Waals surface area contributed by atoms with Gasteiger partial charge in [0.15, 0.2) is 11.5 Å². The van der Waals surface area contributed by atoms with E-state index in [2.05, 4.69) is 5.32 Å². The molecule has 94 valence electrons. The van der Waals surface area contributed by atoms with Crippen LogP contribution in [0, 0.1) is 0 Å². The van der Waals surface area contributed by atoms with Crippen LogP contribution in [-0.2, 0) is 4.74 Å². The highest BCUT2D eigenvalue weighted by molar-refractivity contribution is 5.72. The molecule has 0 amide bonds. The lowest BCUT2D eigenvalue weighted by Crippen LogP contribution is -2.22. The maximum Gasteiger partial charge on any atom is 0.163 e. The predicted molar refractivity (Wildman–Crippen MR) is 66.8 cm³/mol. The number of methoxy groups -OCH3 is 1. The minimum Gasteiger partial charge on any atom is -0.486 e. The summed E-state index contributed by atoms with van der Waals surface area (Å²) in [4.78, 5) is 0. The van der Waals surface area contributed by atoms with Crippen molar-refractivity contribution in [3.8, 4) is 11.5 Å². The Bertz CT molecular complexity index is 396. The maximum absolute atomic E-state index is 5.95. The van der Waals surface area contributed by atoms with Crippen molar-refractivity contribution in [3.05, 3.63) is 12.1 Å². The Kier molecular flexibility index (Phi) is 3.58. The fraction of sp³-hybridized carbons (Fsp3) is 0.500. The van der Waals surface area contributed by atoms with Crippen LogP contribution in [-0.4, -0.2) is 33.0 Å². The van der Waals surface area contributed by atoms with Gasteiger partial charge in [0.1, 0.15) is 13.2 Å². The molecular weight excluding hydrogens is 220 g/mol. The van der Waals surface area contributed by atoms with Crippen LogP contribution < -0.4 is 20.5 Å².